The molecule has 0 N–H and O–H groups in total. The first-order valence-corrected chi connectivity index (χ1v) is 5.93. The lowest BCUT2D eigenvalue weighted by Gasteiger charge is -2.04. The van der Waals surface area contributed by atoms with E-state index in [9.17, 15) is 4.79 Å². The van der Waals surface area contributed by atoms with Gasteiger partial charge in [0.1, 0.15) is 0 Å². The van der Waals surface area contributed by atoms with Crippen molar-refractivity contribution in [1.29, 1.82) is 0 Å². The van der Waals surface area contributed by atoms with Crippen molar-refractivity contribution < 1.29 is 4.52 Å². The lowest BCUT2D eigenvalue weighted by molar-refractivity contribution is 0.373. The topological polar surface area (TPSA) is 60.9 Å². The van der Waals surface area contributed by atoms with E-state index < -0.39 is 5.76 Å². The lowest BCUT2D eigenvalue weighted by Crippen LogP contribution is -2.18. The van der Waals surface area contributed by atoms with Gasteiger partial charge < -0.3 is 0 Å². The number of rotatable bonds is 3. The minimum absolute atomic E-state index is 0.159. The average molecular weight is 239 g/mol. The Kier molecular flexibility index (Phi) is 2.91. The van der Waals surface area contributed by atoms with Gasteiger partial charge in [0.15, 0.2) is 5.82 Å². The predicted molar refractivity (Wildman–Crippen MR) is 60.8 cm³/mol. The van der Waals surface area contributed by atoms with Crippen molar-refractivity contribution in [3.8, 4) is 0 Å². The second kappa shape index (κ2) is 4.21. The van der Waals surface area contributed by atoms with Crippen molar-refractivity contribution in [2.75, 3.05) is 0 Å². The molecular weight excluding hydrogens is 226 g/mol. The van der Waals surface area contributed by atoms with E-state index in [1.54, 1.807) is 11.3 Å². The van der Waals surface area contributed by atoms with E-state index in [-0.39, 0.29) is 5.92 Å². The first-order valence-electron chi connectivity index (χ1n) is 5.05. The number of aromatic nitrogens is 3. The Labute approximate surface area is 96.7 Å². The van der Waals surface area contributed by atoms with Gasteiger partial charge in [-0.2, -0.15) is 0 Å². The Bertz CT molecular complexity index is 538. The molecule has 0 aliphatic rings. The first kappa shape index (κ1) is 11.1. The van der Waals surface area contributed by atoms with Gasteiger partial charge in [-0.1, -0.05) is 19.0 Å². The molecule has 2 aromatic heterocycles. The van der Waals surface area contributed by atoms with E-state index in [2.05, 4.69) is 14.7 Å². The lowest BCUT2D eigenvalue weighted by atomic mass is 10.2. The predicted octanol–water partition coefficient (Wildman–Crippen LogP) is 1.77. The van der Waals surface area contributed by atoms with Gasteiger partial charge >= 0.3 is 5.76 Å². The van der Waals surface area contributed by atoms with Gasteiger partial charge in [0.25, 0.3) is 0 Å². The van der Waals surface area contributed by atoms with Crippen molar-refractivity contribution in [2.24, 2.45) is 0 Å². The van der Waals surface area contributed by atoms with Crippen LogP contribution in [0.25, 0.3) is 0 Å². The molecule has 0 aliphatic carbocycles. The van der Waals surface area contributed by atoms with Gasteiger partial charge in [0.2, 0.25) is 0 Å². The van der Waals surface area contributed by atoms with E-state index in [1.807, 2.05) is 26.2 Å². The zero-order valence-electron chi connectivity index (χ0n) is 9.43. The van der Waals surface area contributed by atoms with Gasteiger partial charge in [0.05, 0.1) is 17.2 Å². The molecule has 0 radical (unpaired) electrons. The van der Waals surface area contributed by atoms with Crippen molar-refractivity contribution >= 4 is 11.3 Å². The van der Waals surface area contributed by atoms with Crippen LogP contribution in [-0.4, -0.2) is 14.7 Å². The molecule has 0 aliphatic heterocycles. The fourth-order valence-electron chi connectivity index (χ4n) is 1.48. The molecule has 5 nitrogen and oxygen atoms in total. The van der Waals surface area contributed by atoms with Crippen LogP contribution in [0.4, 0.5) is 0 Å². The molecule has 6 heteroatoms. The van der Waals surface area contributed by atoms with Crippen molar-refractivity contribution in [3.05, 3.63) is 32.5 Å². The highest BCUT2D eigenvalue weighted by Crippen LogP contribution is 2.13. The molecule has 0 saturated carbocycles. The van der Waals surface area contributed by atoms with Crippen LogP contribution < -0.4 is 5.76 Å². The third-order valence-corrected chi connectivity index (χ3v) is 3.04. The van der Waals surface area contributed by atoms with Crippen LogP contribution in [0.5, 0.6) is 0 Å². The normalized spacial score (nSPS) is 11.2. The molecule has 0 spiro atoms. The van der Waals surface area contributed by atoms with Gasteiger partial charge in [-0.25, -0.2) is 9.78 Å². The maximum Gasteiger partial charge on any atom is 0.441 e. The SMILES string of the molecule is Cc1nc(Cn2c(C(C)C)noc2=O)cs1. The van der Waals surface area contributed by atoms with Crippen LogP contribution >= 0.6 is 11.3 Å². The Balaban J connectivity index is 2.33. The molecule has 86 valence electrons. The summed E-state index contributed by atoms with van der Waals surface area (Å²) in [6.45, 7) is 6.31. The second-order valence-electron chi connectivity index (χ2n) is 3.91. The van der Waals surface area contributed by atoms with Crippen LogP contribution in [0.3, 0.4) is 0 Å². The standard InChI is InChI=1S/C10H13N3O2S/c1-6(2)9-12-15-10(14)13(9)4-8-5-16-7(3)11-8/h5-6H,4H2,1-3H3. The Morgan fingerprint density at radius 1 is 1.56 bits per heavy atom. The highest BCUT2D eigenvalue weighted by Gasteiger charge is 2.14. The summed E-state index contributed by atoms with van der Waals surface area (Å²) in [5.74, 6) is 0.399. The van der Waals surface area contributed by atoms with Crippen molar-refractivity contribution in [1.82, 2.24) is 14.7 Å². The third kappa shape index (κ3) is 2.06. The van der Waals surface area contributed by atoms with Crippen molar-refractivity contribution in [2.45, 2.75) is 33.2 Å². The van der Waals surface area contributed by atoms with E-state index in [0.29, 0.717) is 12.4 Å². The number of nitrogens with zero attached hydrogens (tertiary/aromatic N) is 3. The van der Waals surface area contributed by atoms with Gasteiger partial charge in [-0.15, -0.1) is 11.3 Å². The van der Waals surface area contributed by atoms with E-state index >= 15 is 0 Å². The molecule has 0 fully saturated rings. The minimum atomic E-state index is -0.422. The summed E-state index contributed by atoms with van der Waals surface area (Å²) in [7, 11) is 0. The monoisotopic (exact) mass is 239 g/mol. The molecule has 0 bridgehead atoms. The van der Waals surface area contributed by atoms with Crippen LogP contribution in [0.2, 0.25) is 0 Å². The van der Waals surface area contributed by atoms with Crippen LogP contribution in [0, 0.1) is 6.92 Å². The Hall–Kier alpha value is -1.43. The smallest absolute Gasteiger partial charge is 0.296 e. The molecule has 2 heterocycles. The molecule has 0 saturated heterocycles. The minimum Gasteiger partial charge on any atom is -0.296 e. The molecule has 2 rings (SSSR count). The molecule has 0 atom stereocenters. The summed E-state index contributed by atoms with van der Waals surface area (Å²) in [5, 5.41) is 6.70. The fourth-order valence-corrected chi connectivity index (χ4v) is 2.09. The average Bonchev–Trinajstić information content (AvgIpc) is 2.76. The van der Waals surface area contributed by atoms with Crippen LogP contribution in [0.15, 0.2) is 14.7 Å². The van der Waals surface area contributed by atoms with Gasteiger partial charge in [-0.05, 0) is 6.92 Å². The summed E-state index contributed by atoms with van der Waals surface area (Å²) < 4.78 is 6.20. The maximum atomic E-state index is 11.5. The van der Waals surface area contributed by atoms with Crippen molar-refractivity contribution in [3.63, 3.8) is 0 Å². The fraction of sp³-hybridized carbons (Fsp3) is 0.500. The van der Waals surface area contributed by atoms with Gasteiger partial charge in [-0.3, -0.25) is 9.09 Å². The first-order chi connectivity index (χ1) is 7.58. The molecule has 2 aromatic rings. The highest BCUT2D eigenvalue weighted by molar-refractivity contribution is 7.09. The number of hydrogen-bond donors (Lipinski definition) is 0. The highest BCUT2D eigenvalue weighted by atomic mass is 32.1. The summed E-state index contributed by atoms with van der Waals surface area (Å²) in [6, 6.07) is 0. The van der Waals surface area contributed by atoms with E-state index in [4.69, 9.17) is 0 Å². The summed E-state index contributed by atoms with van der Waals surface area (Å²) in [6.07, 6.45) is 0. The van der Waals surface area contributed by atoms with E-state index in [0.717, 1.165) is 10.7 Å². The van der Waals surface area contributed by atoms with Crippen LogP contribution in [-0.2, 0) is 6.54 Å². The summed E-state index contributed by atoms with van der Waals surface area (Å²) in [5.41, 5.74) is 0.870. The summed E-state index contributed by atoms with van der Waals surface area (Å²) >= 11 is 1.57. The zero-order chi connectivity index (χ0) is 11.7. The zero-order valence-corrected chi connectivity index (χ0v) is 10.2. The number of hydrogen-bond acceptors (Lipinski definition) is 5. The van der Waals surface area contributed by atoms with E-state index in [1.165, 1.54) is 4.57 Å². The molecule has 0 unspecified atom stereocenters. The molecule has 0 aromatic carbocycles. The van der Waals surface area contributed by atoms with Crippen LogP contribution in [0.1, 0.15) is 36.3 Å². The molecule has 16 heavy (non-hydrogen) atoms. The largest absolute Gasteiger partial charge is 0.441 e. The quantitative estimate of drug-likeness (QED) is 0.819. The second-order valence-corrected chi connectivity index (χ2v) is 4.97. The Morgan fingerprint density at radius 3 is 2.88 bits per heavy atom. The number of thiazole rings is 1. The maximum absolute atomic E-state index is 11.5. The summed E-state index contributed by atoms with van der Waals surface area (Å²) in [4.78, 5) is 15.8. The molecule has 0 amide bonds. The third-order valence-electron chi connectivity index (χ3n) is 2.22. The van der Waals surface area contributed by atoms with Gasteiger partial charge in [0, 0.05) is 11.3 Å². The molecular formula is C10H13N3O2S. The Morgan fingerprint density at radius 2 is 2.31 bits per heavy atom. The number of aryl methyl sites for hydroxylation is 1.